The van der Waals surface area contributed by atoms with Gasteiger partial charge in [0.25, 0.3) is 0 Å². The van der Waals surface area contributed by atoms with E-state index < -0.39 is 6.10 Å². The van der Waals surface area contributed by atoms with Gasteiger partial charge in [0.15, 0.2) is 0 Å². The Hall–Kier alpha value is -1.24. The van der Waals surface area contributed by atoms with Crippen LogP contribution >= 0.6 is 11.3 Å². The molecular formula is C9H11N3O2S. The van der Waals surface area contributed by atoms with Crippen LogP contribution in [0.4, 0.5) is 0 Å². The van der Waals surface area contributed by atoms with E-state index in [-0.39, 0.29) is 6.61 Å². The van der Waals surface area contributed by atoms with E-state index in [0.717, 1.165) is 5.56 Å². The van der Waals surface area contributed by atoms with E-state index in [2.05, 4.69) is 10.3 Å². The summed E-state index contributed by atoms with van der Waals surface area (Å²) in [5.74, 6) is 0. The first-order chi connectivity index (χ1) is 7.29. The van der Waals surface area contributed by atoms with Gasteiger partial charge in [-0.2, -0.15) is 11.3 Å². The summed E-state index contributed by atoms with van der Waals surface area (Å²) in [6, 6.07) is 1.87. The Bertz CT molecular complexity index is 413. The summed E-state index contributed by atoms with van der Waals surface area (Å²) in [5.41, 5.74) is 1.38. The summed E-state index contributed by atoms with van der Waals surface area (Å²) < 4.78 is 1.52. The third-order valence-corrected chi connectivity index (χ3v) is 2.74. The topological polar surface area (TPSA) is 71.2 Å². The van der Waals surface area contributed by atoms with Gasteiger partial charge in [0, 0.05) is 0 Å². The van der Waals surface area contributed by atoms with Crippen LogP contribution in [0.2, 0.25) is 0 Å². The van der Waals surface area contributed by atoms with Crippen LogP contribution in [0.5, 0.6) is 0 Å². The summed E-state index contributed by atoms with van der Waals surface area (Å²) in [6.07, 6.45) is 1.04. The van der Waals surface area contributed by atoms with Gasteiger partial charge in [-0.1, -0.05) is 5.21 Å². The molecule has 2 rings (SSSR count). The third kappa shape index (κ3) is 2.41. The van der Waals surface area contributed by atoms with Crippen molar-refractivity contribution in [2.45, 2.75) is 19.3 Å². The van der Waals surface area contributed by atoms with E-state index in [9.17, 15) is 5.11 Å². The van der Waals surface area contributed by atoms with Crippen LogP contribution in [0.1, 0.15) is 17.4 Å². The number of hydrogen-bond acceptors (Lipinski definition) is 5. The predicted molar refractivity (Wildman–Crippen MR) is 55.2 cm³/mol. The van der Waals surface area contributed by atoms with Gasteiger partial charge in [-0.3, -0.25) is 0 Å². The van der Waals surface area contributed by atoms with Crippen molar-refractivity contribution in [3.8, 4) is 0 Å². The SMILES string of the molecule is OCc1cn(C[C@@H](O)c2ccsc2)nn1. The molecule has 5 nitrogen and oxygen atoms in total. The molecule has 15 heavy (non-hydrogen) atoms. The Morgan fingerprint density at radius 2 is 2.40 bits per heavy atom. The molecule has 0 unspecified atom stereocenters. The van der Waals surface area contributed by atoms with Gasteiger partial charge < -0.3 is 10.2 Å². The lowest BCUT2D eigenvalue weighted by Crippen LogP contribution is -2.08. The first-order valence-electron chi connectivity index (χ1n) is 4.49. The lowest BCUT2D eigenvalue weighted by Gasteiger charge is -2.07. The molecule has 0 saturated heterocycles. The number of hydrogen-bond donors (Lipinski definition) is 2. The van der Waals surface area contributed by atoms with Crippen LogP contribution in [0.25, 0.3) is 0 Å². The van der Waals surface area contributed by atoms with E-state index in [1.807, 2.05) is 16.8 Å². The summed E-state index contributed by atoms with van der Waals surface area (Å²) in [6.45, 7) is 0.221. The van der Waals surface area contributed by atoms with Crippen LogP contribution in [-0.2, 0) is 13.2 Å². The fourth-order valence-corrected chi connectivity index (χ4v) is 1.95. The van der Waals surface area contributed by atoms with Crippen LogP contribution < -0.4 is 0 Å². The van der Waals surface area contributed by atoms with Crippen molar-refractivity contribution >= 4 is 11.3 Å². The molecule has 0 aliphatic heterocycles. The molecule has 6 heteroatoms. The molecule has 0 aliphatic carbocycles. The molecule has 80 valence electrons. The van der Waals surface area contributed by atoms with Crippen LogP contribution in [0.15, 0.2) is 23.0 Å². The second kappa shape index (κ2) is 4.52. The van der Waals surface area contributed by atoms with Gasteiger partial charge in [-0.05, 0) is 22.4 Å². The highest BCUT2D eigenvalue weighted by Gasteiger charge is 2.09. The average Bonchev–Trinajstić information content (AvgIpc) is 2.87. The quantitative estimate of drug-likeness (QED) is 0.797. The van der Waals surface area contributed by atoms with Crippen molar-refractivity contribution in [2.24, 2.45) is 0 Å². The maximum Gasteiger partial charge on any atom is 0.108 e. The Balaban J connectivity index is 2.02. The van der Waals surface area contributed by atoms with Gasteiger partial charge in [-0.15, -0.1) is 5.10 Å². The standard InChI is InChI=1S/C9H11N3O2S/c13-5-8-3-12(11-10-8)4-9(14)7-1-2-15-6-7/h1-3,6,9,13-14H,4-5H2/t9-/m1/s1. The molecule has 0 bridgehead atoms. The first kappa shape index (κ1) is 10.3. The third-order valence-electron chi connectivity index (χ3n) is 2.04. The minimum absolute atomic E-state index is 0.130. The van der Waals surface area contributed by atoms with Gasteiger partial charge in [0.1, 0.15) is 5.69 Å². The van der Waals surface area contributed by atoms with E-state index in [4.69, 9.17) is 5.11 Å². The first-order valence-corrected chi connectivity index (χ1v) is 5.44. The van der Waals surface area contributed by atoms with Crippen molar-refractivity contribution < 1.29 is 10.2 Å². The Labute approximate surface area is 90.6 Å². The minimum Gasteiger partial charge on any atom is -0.390 e. The van der Waals surface area contributed by atoms with Crippen molar-refractivity contribution in [1.29, 1.82) is 0 Å². The Morgan fingerprint density at radius 1 is 1.53 bits per heavy atom. The highest BCUT2D eigenvalue weighted by atomic mass is 32.1. The number of rotatable bonds is 4. The molecule has 0 spiro atoms. The zero-order chi connectivity index (χ0) is 10.7. The lowest BCUT2D eigenvalue weighted by molar-refractivity contribution is 0.151. The van der Waals surface area contributed by atoms with Crippen LogP contribution in [0.3, 0.4) is 0 Å². The monoisotopic (exact) mass is 225 g/mol. The molecule has 2 aromatic heterocycles. The van der Waals surface area contributed by atoms with E-state index in [0.29, 0.717) is 12.2 Å². The molecule has 0 aromatic carbocycles. The normalized spacial score (nSPS) is 12.9. The molecule has 0 aliphatic rings. The molecule has 0 radical (unpaired) electrons. The maximum atomic E-state index is 9.80. The number of aliphatic hydroxyl groups is 2. The zero-order valence-electron chi connectivity index (χ0n) is 7.95. The van der Waals surface area contributed by atoms with Gasteiger partial charge in [0.2, 0.25) is 0 Å². The molecule has 2 aromatic rings. The van der Waals surface area contributed by atoms with Gasteiger partial charge in [0.05, 0.1) is 25.5 Å². The number of nitrogens with zero attached hydrogens (tertiary/aromatic N) is 3. The minimum atomic E-state index is -0.579. The lowest BCUT2D eigenvalue weighted by atomic mass is 10.2. The Morgan fingerprint density at radius 3 is 3.00 bits per heavy atom. The average molecular weight is 225 g/mol. The van der Waals surface area contributed by atoms with Crippen molar-refractivity contribution in [3.63, 3.8) is 0 Å². The summed E-state index contributed by atoms with van der Waals surface area (Å²) in [4.78, 5) is 0. The van der Waals surface area contributed by atoms with Gasteiger partial charge in [-0.25, -0.2) is 4.68 Å². The smallest absolute Gasteiger partial charge is 0.108 e. The van der Waals surface area contributed by atoms with E-state index in [1.54, 1.807) is 17.5 Å². The molecule has 2 N–H and O–H groups in total. The maximum absolute atomic E-state index is 9.80. The summed E-state index contributed by atoms with van der Waals surface area (Å²) in [5, 5.41) is 29.9. The fourth-order valence-electron chi connectivity index (χ4n) is 1.25. The zero-order valence-corrected chi connectivity index (χ0v) is 8.76. The second-order valence-corrected chi connectivity index (χ2v) is 3.94. The highest BCUT2D eigenvalue weighted by molar-refractivity contribution is 7.07. The summed E-state index contributed by atoms with van der Waals surface area (Å²) >= 11 is 1.54. The summed E-state index contributed by atoms with van der Waals surface area (Å²) in [7, 11) is 0. The molecule has 0 amide bonds. The number of thiophene rings is 1. The Kier molecular flexibility index (Phi) is 3.10. The molecule has 0 fully saturated rings. The largest absolute Gasteiger partial charge is 0.390 e. The van der Waals surface area contributed by atoms with Crippen LogP contribution in [-0.4, -0.2) is 25.2 Å². The van der Waals surface area contributed by atoms with Crippen molar-refractivity contribution in [3.05, 3.63) is 34.3 Å². The van der Waals surface area contributed by atoms with E-state index in [1.165, 1.54) is 4.68 Å². The molecular weight excluding hydrogens is 214 g/mol. The highest BCUT2D eigenvalue weighted by Crippen LogP contribution is 2.17. The molecule has 2 heterocycles. The van der Waals surface area contributed by atoms with Crippen molar-refractivity contribution in [2.75, 3.05) is 0 Å². The van der Waals surface area contributed by atoms with Crippen molar-refractivity contribution in [1.82, 2.24) is 15.0 Å². The fraction of sp³-hybridized carbons (Fsp3) is 0.333. The second-order valence-electron chi connectivity index (χ2n) is 3.16. The molecule has 1 atom stereocenters. The van der Waals surface area contributed by atoms with E-state index >= 15 is 0 Å². The number of aromatic nitrogens is 3. The van der Waals surface area contributed by atoms with Gasteiger partial charge >= 0.3 is 0 Å². The van der Waals surface area contributed by atoms with Crippen LogP contribution in [0, 0.1) is 0 Å². The predicted octanol–water partition coefficient (Wildman–Crippen LogP) is 0.566. The number of aliphatic hydroxyl groups excluding tert-OH is 2. The molecule has 0 saturated carbocycles.